The number of thiazole rings is 1. The van der Waals surface area contributed by atoms with Crippen LogP contribution in [0.2, 0.25) is 0 Å². The van der Waals surface area contributed by atoms with Gasteiger partial charge >= 0.3 is 5.97 Å². The number of nitrogens with one attached hydrogen (secondary N) is 1. The number of fused-ring (bicyclic) bond motifs is 2. The summed E-state index contributed by atoms with van der Waals surface area (Å²) in [7, 11) is 0. The fourth-order valence-electron chi connectivity index (χ4n) is 4.72. The molecule has 4 atom stereocenters. The van der Waals surface area contributed by atoms with Crippen LogP contribution in [0.4, 0.5) is 5.13 Å². The molecule has 0 aliphatic heterocycles. The molecule has 142 valence electrons. The van der Waals surface area contributed by atoms with E-state index in [1.807, 2.05) is 17.5 Å². The molecule has 5 nitrogen and oxygen atoms in total. The Labute approximate surface area is 162 Å². The highest BCUT2D eigenvalue weighted by Gasteiger charge is 2.54. The van der Waals surface area contributed by atoms with E-state index in [-0.39, 0.29) is 17.7 Å². The number of nitrogens with zero attached hydrogens (tertiary/aromatic N) is 1. The van der Waals surface area contributed by atoms with Crippen LogP contribution in [-0.4, -0.2) is 22.0 Å². The minimum absolute atomic E-state index is 0.148. The molecule has 1 amide bonds. The SMILES string of the molecule is CC(C)c1ccc(-c2csc(NC(=O)[C@H]3[C@H]4CC[C@@H](C4)[C@@H]3C(=O)O)n2)cc1. The zero-order chi connectivity index (χ0) is 19.1. The van der Waals surface area contributed by atoms with Gasteiger partial charge in [-0.15, -0.1) is 11.3 Å². The topological polar surface area (TPSA) is 79.3 Å². The van der Waals surface area contributed by atoms with E-state index in [2.05, 4.69) is 36.3 Å². The average molecular weight is 385 g/mol. The summed E-state index contributed by atoms with van der Waals surface area (Å²) in [5.41, 5.74) is 3.12. The second kappa shape index (κ2) is 7.08. The Morgan fingerprint density at radius 3 is 2.44 bits per heavy atom. The van der Waals surface area contributed by atoms with E-state index in [1.165, 1.54) is 16.9 Å². The highest BCUT2D eigenvalue weighted by Crippen LogP contribution is 2.52. The molecule has 2 aromatic rings. The van der Waals surface area contributed by atoms with Crippen molar-refractivity contribution in [2.75, 3.05) is 5.32 Å². The van der Waals surface area contributed by atoms with Crippen molar-refractivity contribution in [2.45, 2.75) is 39.0 Å². The van der Waals surface area contributed by atoms with Gasteiger partial charge in [0.1, 0.15) is 0 Å². The molecule has 0 radical (unpaired) electrons. The number of carboxylic acid groups (broad SMARTS) is 1. The molecular formula is C21H24N2O3S. The van der Waals surface area contributed by atoms with Crippen LogP contribution in [0.1, 0.15) is 44.6 Å². The minimum atomic E-state index is -0.840. The predicted molar refractivity (Wildman–Crippen MR) is 106 cm³/mol. The lowest BCUT2D eigenvalue weighted by Gasteiger charge is -2.26. The summed E-state index contributed by atoms with van der Waals surface area (Å²) in [6, 6.07) is 8.30. The molecule has 2 aliphatic carbocycles. The molecule has 27 heavy (non-hydrogen) atoms. The number of anilines is 1. The lowest BCUT2D eigenvalue weighted by molar-refractivity contribution is -0.148. The quantitative estimate of drug-likeness (QED) is 0.788. The fraction of sp³-hybridized carbons (Fsp3) is 0.476. The van der Waals surface area contributed by atoms with Crippen molar-refractivity contribution >= 4 is 28.3 Å². The summed E-state index contributed by atoms with van der Waals surface area (Å²) in [5, 5.41) is 14.9. The summed E-state index contributed by atoms with van der Waals surface area (Å²) >= 11 is 1.38. The van der Waals surface area contributed by atoms with E-state index < -0.39 is 17.8 Å². The lowest BCUT2D eigenvalue weighted by Crippen LogP contribution is -2.37. The van der Waals surface area contributed by atoms with Crippen molar-refractivity contribution in [1.82, 2.24) is 4.98 Å². The van der Waals surface area contributed by atoms with Gasteiger partial charge in [-0.3, -0.25) is 9.59 Å². The van der Waals surface area contributed by atoms with E-state index in [0.717, 1.165) is 30.5 Å². The Kier molecular flexibility index (Phi) is 4.76. The highest BCUT2D eigenvalue weighted by atomic mass is 32.1. The van der Waals surface area contributed by atoms with E-state index in [4.69, 9.17) is 0 Å². The average Bonchev–Trinajstić information content (AvgIpc) is 3.37. The first-order valence-electron chi connectivity index (χ1n) is 9.53. The van der Waals surface area contributed by atoms with Gasteiger partial charge in [-0.25, -0.2) is 4.98 Å². The van der Waals surface area contributed by atoms with E-state index in [0.29, 0.717) is 11.0 Å². The molecule has 0 unspecified atom stereocenters. The number of benzene rings is 1. The summed E-state index contributed by atoms with van der Waals surface area (Å²) in [6.45, 7) is 4.32. The Balaban J connectivity index is 1.47. The first kappa shape index (κ1) is 18.2. The van der Waals surface area contributed by atoms with Crippen molar-refractivity contribution in [3.05, 3.63) is 35.2 Å². The molecule has 2 fully saturated rings. The number of rotatable bonds is 5. The van der Waals surface area contributed by atoms with E-state index in [9.17, 15) is 14.7 Å². The number of carbonyl (C=O) groups is 2. The van der Waals surface area contributed by atoms with Gasteiger partial charge in [0.2, 0.25) is 5.91 Å². The van der Waals surface area contributed by atoms with Crippen LogP contribution in [0.3, 0.4) is 0 Å². The van der Waals surface area contributed by atoms with Crippen molar-refractivity contribution < 1.29 is 14.7 Å². The van der Waals surface area contributed by atoms with Crippen LogP contribution in [-0.2, 0) is 9.59 Å². The van der Waals surface area contributed by atoms with Crippen LogP contribution in [0.15, 0.2) is 29.6 Å². The summed E-state index contributed by atoms with van der Waals surface area (Å²) < 4.78 is 0. The van der Waals surface area contributed by atoms with Gasteiger partial charge in [-0.1, -0.05) is 38.1 Å². The summed E-state index contributed by atoms with van der Waals surface area (Å²) in [6.07, 6.45) is 2.75. The van der Waals surface area contributed by atoms with E-state index in [1.54, 1.807) is 0 Å². The molecule has 1 aromatic carbocycles. The van der Waals surface area contributed by atoms with Crippen molar-refractivity contribution in [1.29, 1.82) is 0 Å². The van der Waals surface area contributed by atoms with E-state index >= 15 is 0 Å². The Hall–Kier alpha value is -2.21. The monoisotopic (exact) mass is 384 g/mol. The number of carbonyl (C=O) groups excluding carboxylic acids is 1. The fourth-order valence-corrected chi connectivity index (χ4v) is 5.44. The molecule has 2 bridgehead atoms. The Morgan fingerprint density at radius 1 is 1.15 bits per heavy atom. The number of hydrogen-bond acceptors (Lipinski definition) is 4. The molecule has 1 heterocycles. The number of aliphatic carboxylic acids is 1. The second-order valence-corrected chi connectivity index (χ2v) is 8.88. The molecule has 4 rings (SSSR count). The molecule has 0 spiro atoms. The molecule has 2 saturated carbocycles. The Morgan fingerprint density at radius 2 is 1.81 bits per heavy atom. The van der Waals surface area contributed by atoms with Gasteiger partial charge in [-0.05, 0) is 42.6 Å². The van der Waals surface area contributed by atoms with Crippen molar-refractivity contribution in [2.24, 2.45) is 23.7 Å². The zero-order valence-corrected chi connectivity index (χ0v) is 16.3. The maximum Gasteiger partial charge on any atom is 0.307 e. The van der Waals surface area contributed by atoms with Crippen LogP contribution in [0, 0.1) is 23.7 Å². The lowest BCUT2D eigenvalue weighted by atomic mass is 9.79. The predicted octanol–water partition coefficient (Wildman–Crippen LogP) is 4.62. The molecule has 1 aromatic heterocycles. The number of carboxylic acids is 1. The normalized spacial score (nSPS) is 26.5. The van der Waals surface area contributed by atoms with Gasteiger partial charge in [0.15, 0.2) is 5.13 Å². The second-order valence-electron chi connectivity index (χ2n) is 8.03. The third-order valence-electron chi connectivity index (χ3n) is 6.11. The highest BCUT2D eigenvalue weighted by molar-refractivity contribution is 7.14. The van der Waals surface area contributed by atoms with Crippen LogP contribution < -0.4 is 5.32 Å². The number of amides is 1. The smallest absolute Gasteiger partial charge is 0.307 e. The summed E-state index contributed by atoms with van der Waals surface area (Å²) in [5.74, 6) is -1.19. The Bertz CT molecular complexity index is 859. The maximum absolute atomic E-state index is 12.8. The van der Waals surface area contributed by atoms with Gasteiger partial charge in [-0.2, -0.15) is 0 Å². The van der Waals surface area contributed by atoms with Crippen molar-refractivity contribution in [3.63, 3.8) is 0 Å². The molecular weight excluding hydrogens is 360 g/mol. The van der Waals surface area contributed by atoms with Gasteiger partial charge in [0.25, 0.3) is 0 Å². The first-order chi connectivity index (χ1) is 12.9. The largest absolute Gasteiger partial charge is 0.481 e. The van der Waals surface area contributed by atoms with Gasteiger partial charge in [0.05, 0.1) is 17.5 Å². The van der Waals surface area contributed by atoms with Crippen LogP contribution in [0.5, 0.6) is 0 Å². The van der Waals surface area contributed by atoms with Crippen LogP contribution in [0.25, 0.3) is 11.3 Å². The third kappa shape index (κ3) is 3.38. The molecule has 2 N–H and O–H groups in total. The minimum Gasteiger partial charge on any atom is -0.481 e. The maximum atomic E-state index is 12.8. The zero-order valence-electron chi connectivity index (χ0n) is 15.5. The molecule has 0 saturated heterocycles. The molecule has 6 heteroatoms. The number of hydrogen-bond donors (Lipinski definition) is 2. The van der Waals surface area contributed by atoms with Gasteiger partial charge < -0.3 is 10.4 Å². The third-order valence-corrected chi connectivity index (χ3v) is 6.87. The van der Waals surface area contributed by atoms with Crippen LogP contribution >= 0.6 is 11.3 Å². The van der Waals surface area contributed by atoms with Crippen molar-refractivity contribution in [3.8, 4) is 11.3 Å². The van der Waals surface area contributed by atoms with Gasteiger partial charge in [0, 0.05) is 10.9 Å². The number of aromatic nitrogens is 1. The first-order valence-corrected chi connectivity index (χ1v) is 10.4. The standard InChI is InChI=1S/C21H24N2O3S/c1-11(2)12-3-5-13(6-4-12)16-10-27-21(22-16)23-19(24)17-14-7-8-15(9-14)18(17)20(25)26/h3-6,10-11,14-15,17-18H,7-9H2,1-2H3,(H,25,26)(H,22,23,24)/t14-,15-,17-,18-/m0/s1. The summed E-state index contributed by atoms with van der Waals surface area (Å²) in [4.78, 5) is 28.9. The molecule has 2 aliphatic rings.